The number of halogens is 1. The van der Waals surface area contributed by atoms with Gasteiger partial charge >= 0.3 is 10.4 Å². The number of fused-ring (bicyclic) bond motifs is 1. The summed E-state index contributed by atoms with van der Waals surface area (Å²) in [5.74, 6) is 1.37. The van der Waals surface area contributed by atoms with Crippen LogP contribution in [-0.2, 0) is 17.5 Å². The fraction of sp³-hybridized carbons (Fsp3) is 0.379. The number of rotatable bonds is 12. The molecule has 12 heteroatoms. The second-order valence-corrected chi connectivity index (χ2v) is 11.4. The van der Waals surface area contributed by atoms with Crippen molar-refractivity contribution in [2.45, 2.75) is 25.3 Å². The zero-order valence-corrected chi connectivity index (χ0v) is 24.3. The Morgan fingerprint density at radius 2 is 1.83 bits per heavy atom. The number of hydrogen-bond acceptors (Lipinski definition) is 8. The lowest BCUT2D eigenvalue weighted by molar-refractivity contribution is 0.252. The number of anilines is 2. The molecule has 0 saturated carbocycles. The average Bonchev–Trinajstić information content (AvgIpc) is 3.61. The minimum Gasteiger partial charge on any atom is -0.497 e. The van der Waals surface area contributed by atoms with E-state index in [1.807, 2.05) is 54.6 Å². The summed E-state index contributed by atoms with van der Waals surface area (Å²) < 4.78 is 49.9. The topological polar surface area (TPSA) is 102 Å². The fourth-order valence-corrected chi connectivity index (χ4v) is 5.81. The molecular weight excluding hydrogens is 547 g/mol. The Hall–Kier alpha value is -3.74. The molecule has 1 fully saturated rings. The summed E-state index contributed by atoms with van der Waals surface area (Å²) in [6.07, 6.45) is 8.23. The number of hydrogen-bond donors (Lipinski definition) is 1. The summed E-state index contributed by atoms with van der Waals surface area (Å²) in [5, 5.41) is 5.29. The van der Waals surface area contributed by atoms with Crippen molar-refractivity contribution in [1.82, 2.24) is 24.4 Å². The quantitative estimate of drug-likeness (QED) is 0.245. The van der Waals surface area contributed by atoms with Crippen molar-refractivity contribution in [2.24, 2.45) is 7.05 Å². The Bertz CT molecular complexity index is 1590. The molecule has 0 aliphatic carbocycles. The summed E-state index contributed by atoms with van der Waals surface area (Å²) in [5.41, 5.74) is 4.78. The number of likely N-dealkylation sites (tertiary alicyclic amines) is 1. The lowest BCUT2D eigenvalue weighted by Gasteiger charge is -2.29. The maximum absolute atomic E-state index is 13.1. The van der Waals surface area contributed by atoms with Gasteiger partial charge in [-0.05, 0) is 50.1 Å². The number of aromatic nitrogens is 3. The molecular formula is C29H35FN6O4S. The van der Waals surface area contributed by atoms with Crippen LogP contribution in [0, 0.1) is 0 Å². The van der Waals surface area contributed by atoms with Gasteiger partial charge in [-0.25, -0.2) is 0 Å². The van der Waals surface area contributed by atoms with Crippen LogP contribution in [0.1, 0.15) is 19.3 Å². The Morgan fingerprint density at radius 1 is 1.05 bits per heavy atom. The van der Waals surface area contributed by atoms with Crippen molar-refractivity contribution >= 4 is 32.7 Å². The lowest BCUT2D eigenvalue weighted by atomic mass is 10.1. The van der Waals surface area contributed by atoms with Crippen LogP contribution in [0.15, 0.2) is 61.1 Å². The molecule has 1 N–H and O–H groups in total. The van der Waals surface area contributed by atoms with Gasteiger partial charge in [0.1, 0.15) is 11.5 Å². The van der Waals surface area contributed by atoms with Crippen LogP contribution in [0.5, 0.6) is 11.5 Å². The molecule has 2 aromatic heterocycles. The van der Waals surface area contributed by atoms with Crippen LogP contribution in [-0.4, -0.2) is 74.5 Å². The minimum absolute atomic E-state index is 0.0245. The number of pyridine rings is 1. The largest absolute Gasteiger partial charge is 0.497 e. The predicted octanol–water partition coefficient (Wildman–Crippen LogP) is 4.45. The molecule has 4 aromatic rings. The molecule has 3 heterocycles. The highest BCUT2D eigenvalue weighted by molar-refractivity contribution is 7.84. The molecule has 0 spiro atoms. The first kappa shape index (κ1) is 28.8. The van der Waals surface area contributed by atoms with Crippen molar-refractivity contribution in [3.05, 3.63) is 61.1 Å². The Kier molecular flexibility index (Phi) is 8.71. The number of aryl methyl sites for hydroxylation is 1. The van der Waals surface area contributed by atoms with Crippen LogP contribution in [0.2, 0.25) is 0 Å². The van der Waals surface area contributed by atoms with E-state index in [1.54, 1.807) is 18.9 Å². The number of benzene rings is 2. The van der Waals surface area contributed by atoms with E-state index in [-0.39, 0.29) is 12.6 Å². The summed E-state index contributed by atoms with van der Waals surface area (Å²) in [4.78, 5) is 9.12. The predicted molar refractivity (Wildman–Crippen MR) is 158 cm³/mol. The van der Waals surface area contributed by atoms with E-state index in [0.29, 0.717) is 18.0 Å². The van der Waals surface area contributed by atoms with Crippen LogP contribution in [0.4, 0.5) is 15.3 Å². The van der Waals surface area contributed by atoms with Gasteiger partial charge in [0.2, 0.25) is 0 Å². The van der Waals surface area contributed by atoms with Crippen LogP contribution < -0.4 is 19.1 Å². The fourth-order valence-electron chi connectivity index (χ4n) is 5.42. The van der Waals surface area contributed by atoms with Gasteiger partial charge in [-0.1, -0.05) is 3.89 Å². The summed E-state index contributed by atoms with van der Waals surface area (Å²) in [6, 6.07) is 14.1. The van der Waals surface area contributed by atoms with Gasteiger partial charge in [-0.15, -0.1) is 0 Å². The summed E-state index contributed by atoms with van der Waals surface area (Å²) >= 11 is 0. The molecule has 0 radical (unpaired) electrons. The minimum atomic E-state index is -4.71. The Morgan fingerprint density at radius 3 is 2.51 bits per heavy atom. The van der Waals surface area contributed by atoms with E-state index < -0.39 is 10.4 Å². The van der Waals surface area contributed by atoms with Gasteiger partial charge in [-0.2, -0.15) is 18.2 Å². The maximum Gasteiger partial charge on any atom is 0.372 e. The third kappa shape index (κ3) is 7.13. The number of nitrogens with zero attached hydrogens (tertiary/aromatic N) is 5. The molecule has 10 nitrogen and oxygen atoms in total. The van der Waals surface area contributed by atoms with Gasteiger partial charge in [0.05, 0.1) is 25.9 Å². The molecule has 218 valence electrons. The van der Waals surface area contributed by atoms with Crippen LogP contribution in [0.3, 0.4) is 0 Å². The second kappa shape index (κ2) is 12.4. The lowest BCUT2D eigenvalue weighted by Crippen LogP contribution is -2.40. The highest BCUT2D eigenvalue weighted by Crippen LogP contribution is 2.35. The first-order chi connectivity index (χ1) is 19.7. The third-order valence-electron chi connectivity index (χ3n) is 7.48. The first-order valence-electron chi connectivity index (χ1n) is 13.5. The number of nitrogens with one attached hydrogen (secondary N) is 1. The number of ether oxygens (including phenoxy) is 2. The van der Waals surface area contributed by atoms with Gasteiger partial charge in [0, 0.05) is 91.2 Å². The van der Waals surface area contributed by atoms with Crippen molar-refractivity contribution in [3.63, 3.8) is 0 Å². The Labute approximate surface area is 240 Å². The van der Waals surface area contributed by atoms with Crippen LogP contribution in [0.25, 0.3) is 22.0 Å². The molecule has 1 unspecified atom stereocenters. The van der Waals surface area contributed by atoms with E-state index in [9.17, 15) is 12.3 Å². The highest BCUT2D eigenvalue weighted by atomic mass is 32.3. The Balaban J connectivity index is 1.42. The van der Waals surface area contributed by atoms with Crippen LogP contribution >= 0.6 is 0 Å². The van der Waals surface area contributed by atoms with E-state index in [0.717, 1.165) is 65.8 Å². The smallest absolute Gasteiger partial charge is 0.372 e. The monoisotopic (exact) mass is 582 g/mol. The van der Waals surface area contributed by atoms with Crippen molar-refractivity contribution in [1.29, 1.82) is 0 Å². The summed E-state index contributed by atoms with van der Waals surface area (Å²) in [6.45, 7) is 2.35. The second-order valence-electron chi connectivity index (χ2n) is 10.2. The highest BCUT2D eigenvalue weighted by Gasteiger charge is 2.26. The van der Waals surface area contributed by atoms with Gasteiger partial charge in [-0.3, -0.25) is 14.6 Å². The molecule has 1 atom stereocenters. The van der Waals surface area contributed by atoms with E-state index in [2.05, 4.69) is 38.1 Å². The van der Waals surface area contributed by atoms with Crippen molar-refractivity contribution < 1.29 is 21.8 Å². The van der Waals surface area contributed by atoms with Crippen molar-refractivity contribution in [2.75, 3.05) is 45.3 Å². The molecule has 0 amide bonds. The third-order valence-corrected chi connectivity index (χ3v) is 7.99. The van der Waals surface area contributed by atoms with E-state index in [1.165, 1.54) is 0 Å². The molecule has 41 heavy (non-hydrogen) atoms. The first-order valence-corrected chi connectivity index (χ1v) is 14.9. The molecule has 1 aliphatic heterocycles. The molecule has 1 aliphatic rings. The number of methoxy groups -OCH3 is 2. The van der Waals surface area contributed by atoms with Gasteiger partial charge in [0.25, 0.3) is 0 Å². The SMILES string of the molecule is COc1cc(OC)cc(N(CCCN2CCCC2CNS(=O)(=O)F)c2ccc3ncc(-c4cnn(C)c4)cc3c2)c1. The molecule has 2 aromatic carbocycles. The summed E-state index contributed by atoms with van der Waals surface area (Å²) in [7, 11) is 0.436. The van der Waals surface area contributed by atoms with E-state index in [4.69, 9.17) is 9.47 Å². The van der Waals surface area contributed by atoms with Gasteiger partial charge in [0.15, 0.2) is 0 Å². The maximum atomic E-state index is 13.1. The van der Waals surface area contributed by atoms with Crippen molar-refractivity contribution in [3.8, 4) is 22.6 Å². The van der Waals surface area contributed by atoms with E-state index >= 15 is 0 Å². The zero-order valence-electron chi connectivity index (χ0n) is 23.5. The molecule has 1 saturated heterocycles. The average molecular weight is 583 g/mol. The normalized spacial score (nSPS) is 15.9. The standard InChI is InChI=1S/C29H35FN6O4S/c1-34-20-23(18-32-34)22-12-21-13-24(7-8-29(21)31-17-22)36(26-14-27(39-2)16-28(15-26)40-3)11-5-10-35-9-4-6-25(35)19-33-41(30,37)38/h7-8,12-18,20,25,33H,4-6,9-11,19H2,1-3H3. The van der Waals surface area contributed by atoms with Gasteiger partial charge < -0.3 is 14.4 Å². The molecule has 0 bridgehead atoms. The molecule has 5 rings (SSSR count). The zero-order chi connectivity index (χ0) is 29.0.